The van der Waals surface area contributed by atoms with Crippen LogP contribution in [0, 0.1) is 0 Å². The van der Waals surface area contributed by atoms with Gasteiger partial charge in [0.15, 0.2) is 5.69 Å². The van der Waals surface area contributed by atoms with Crippen LogP contribution in [0.2, 0.25) is 0 Å². The second kappa shape index (κ2) is 6.19. The van der Waals surface area contributed by atoms with E-state index in [0.29, 0.717) is 5.69 Å². The molecule has 106 valence electrons. The molecule has 2 aromatic rings. The fourth-order valence-electron chi connectivity index (χ4n) is 1.94. The molecule has 5 nitrogen and oxygen atoms in total. The van der Waals surface area contributed by atoms with Crippen molar-refractivity contribution in [2.45, 2.75) is 13.0 Å². The summed E-state index contributed by atoms with van der Waals surface area (Å²) in [6.07, 6.45) is 1.79. The molecule has 0 saturated heterocycles. The Kier molecular flexibility index (Phi) is 4.57. The number of carbonyl (C=O) groups excluding carboxylic acids is 1. The number of rotatable bonds is 4. The van der Waals surface area contributed by atoms with Crippen LogP contribution in [0.5, 0.6) is 0 Å². The Morgan fingerprint density at radius 3 is 2.75 bits per heavy atom. The van der Waals surface area contributed by atoms with E-state index in [1.165, 1.54) is 0 Å². The maximum Gasteiger partial charge on any atom is 0.271 e. The van der Waals surface area contributed by atoms with Crippen LogP contribution in [0.25, 0.3) is 5.69 Å². The van der Waals surface area contributed by atoms with Crippen LogP contribution < -0.4 is 10.6 Å². The lowest BCUT2D eigenvalue weighted by Crippen LogP contribution is -2.19. The van der Waals surface area contributed by atoms with Crippen molar-refractivity contribution in [2.24, 2.45) is 0 Å². The average molecular weight is 337 g/mol. The highest BCUT2D eigenvalue weighted by Gasteiger charge is 2.14. The lowest BCUT2D eigenvalue weighted by Gasteiger charge is -2.16. The van der Waals surface area contributed by atoms with Gasteiger partial charge in [-0.25, -0.2) is 4.68 Å². The molecule has 2 N–H and O–H groups in total. The number of carbonyl (C=O) groups is 1. The molecule has 0 aliphatic rings. The van der Waals surface area contributed by atoms with E-state index in [9.17, 15) is 4.79 Å². The predicted octanol–water partition coefficient (Wildman–Crippen LogP) is 2.27. The maximum atomic E-state index is 11.6. The Bertz CT molecular complexity index is 623. The summed E-state index contributed by atoms with van der Waals surface area (Å²) in [6.45, 7) is 2.08. The Morgan fingerprint density at radius 1 is 1.35 bits per heavy atom. The van der Waals surface area contributed by atoms with E-state index in [-0.39, 0.29) is 11.9 Å². The van der Waals surface area contributed by atoms with E-state index >= 15 is 0 Å². The summed E-state index contributed by atoms with van der Waals surface area (Å²) >= 11 is 3.48. The summed E-state index contributed by atoms with van der Waals surface area (Å²) in [5.74, 6) is -0.191. The summed E-state index contributed by atoms with van der Waals surface area (Å²) in [4.78, 5) is 11.6. The topological polar surface area (TPSA) is 59.0 Å². The number of benzene rings is 1. The normalized spacial score (nSPS) is 12.2. The van der Waals surface area contributed by atoms with Gasteiger partial charge >= 0.3 is 0 Å². The van der Waals surface area contributed by atoms with Crippen molar-refractivity contribution in [3.63, 3.8) is 0 Å². The lowest BCUT2D eigenvalue weighted by molar-refractivity contribution is 0.0957. The zero-order valence-corrected chi connectivity index (χ0v) is 13.2. The fourth-order valence-corrected chi connectivity index (χ4v) is 2.32. The number of halogens is 1. The SMILES string of the molecule is CNC(=O)c1ccn(-c2ccc(Br)cc2C(C)NC)n1. The zero-order valence-electron chi connectivity index (χ0n) is 11.6. The number of nitrogens with zero attached hydrogens (tertiary/aromatic N) is 2. The Labute approximate surface area is 126 Å². The van der Waals surface area contributed by atoms with Crippen LogP contribution in [-0.2, 0) is 0 Å². The molecule has 1 atom stereocenters. The van der Waals surface area contributed by atoms with Crippen molar-refractivity contribution in [3.05, 3.63) is 46.2 Å². The molecular weight excluding hydrogens is 320 g/mol. The molecule has 0 spiro atoms. The molecule has 0 aliphatic heterocycles. The second-order valence-electron chi connectivity index (χ2n) is 4.44. The third-order valence-electron chi connectivity index (χ3n) is 3.18. The summed E-state index contributed by atoms with van der Waals surface area (Å²) in [5.41, 5.74) is 2.46. The van der Waals surface area contributed by atoms with Gasteiger partial charge in [-0.05, 0) is 43.8 Å². The molecule has 0 aliphatic carbocycles. The Hall–Kier alpha value is -1.66. The van der Waals surface area contributed by atoms with Gasteiger partial charge in [0.25, 0.3) is 5.91 Å². The first-order valence-electron chi connectivity index (χ1n) is 6.31. The molecule has 0 radical (unpaired) electrons. The number of hydrogen-bond acceptors (Lipinski definition) is 3. The largest absolute Gasteiger partial charge is 0.354 e. The van der Waals surface area contributed by atoms with Crippen LogP contribution in [0.4, 0.5) is 0 Å². The highest BCUT2D eigenvalue weighted by Crippen LogP contribution is 2.25. The van der Waals surface area contributed by atoms with Gasteiger partial charge in [-0.15, -0.1) is 0 Å². The van der Waals surface area contributed by atoms with Gasteiger partial charge in [0.1, 0.15) is 0 Å². The molecule has 20 heavy (non-hydrogen) atoms. The number of amides is 1. The van der Waals surface area contributed by atoms with Crippen LogP contribution in [0.3, 0.4) is 0 Å². The summed E-state index contributed by atoms with van der Waals surface area (Å²) in [5, 5.41) is 10.1. The monoisotopic (exact) mass is 336 g/mol. The van der Waals surface area contributed by atoms with Crippen LogP contribution >= 0.6 is 15.9 Å². The van der Waals surface area contributed by atoms with Gasteiger partial charge in [0.2, 0.25) is 0 Å². The molecule has 1 aromatic heterocycles. The summed E-state index contributed by atoms with van der Waals surface area (Å²) < 4.78 is 2.73. The number of aromatic nitrogens is 2. The van der Waals surface area contributed by atoms with Gasteiger partial charge in [0, 0.05) is 23.8 Å². The molecule has 1 heterocycles. The van der Waals surface area contributed by atoms with Gasteiger partial charge in [-0.3, -0.25) is 4.79 Å². The van der Waals surface area contributed by atoms with E-state index in [2.05, 4.69) is 44.7 Å². The van der Waals surface area contributed by atoms with Crippen molar-refractivity contribution < 1.29 is 4.79 Å². The van der Waals surface area contributed by atoms with Crippen molar-refractivity contribution in [3.8, 4) is 5.69 Å². The van der Waals surface area contributed by atoms with Crippen LogP contribution in [0.1, 0.15) is 29.0 Å². The predicted molar refractivity (Wildman–Crippen MR) is 82.1 cm³/mol. The standard InChI is InChI=1S/C14H17BrN4O/c1-9(16-2)11-8-10(15)4-5-13(11)19-7-6-12(18-19)14(20)17-3/h4-9,16H,1-3H3,(H,17,20). The lowest BCUT2D eigenvalue weighted by atomic mass is 10.1. The zero-order chi connectivity index (χ0) is 14.7. The second-order valence-corrected chi connectivity index (χ2v) is 5.35. The Morgan fingerprint density at radius 2 is 2.10 bits per heavy atom. The molecule has 0 fully saturated rings. The molecular formula is C14H17BrN4O. The first-order chi connectivity index (χ1) is 9.56. The first-order valence-corrected chi connectivity index (χ1v) is 7.11. The van der Waals surface area contributed by atoms with E-state index in [0.717, 1.165) is 15.7 Å². The van der Waals surface area contributed by atoms with Crippen LogP contribution in [-0.4, -0.2) is 29.8 Å². The smallest absolute Gasteiger partial charge is 0.271 e. The maximum absolute atomic E-state index is 11.6. The van der Waals surface area contributed by atoms with E-state index in [4.69, 9.17) is 0 Å². The van der Waals surface area contributed by atoms with Crippen molar-refractivity contribution in [2.75, 3.05) is 14.1 Å². The molecule has 1 amide bonds. The summed E-state index contributed by atoms with van der Waals surface area (Å²) in [6, 6.07) is 7.87. The van der Waals surface area contributed by atoms with Crippen molar-refractivity contribution in [1.82, 2.24) is 20.4 Å². The highest BCUT2D eigenvalue weighted by atomic mass is 79.9. The van der Waals surface area contributed by atoms with Gasteiger partial charge in [-0.1, -0.05) is 15.9 Å². The van der Waals surface area contributed by atoms with Crippen LogP contribution in [0.15, 0.2) is 34.9 Å². The third-order valence-corrected chi connectivity index (χ3v) is 3.68. The molecule has 6 heteroatoms. The molecule has 0 saturated carbocycles. The summed E-state index contributed by atoms with van der Waals surface area (Å²) in [7, 11) is 3.50. The number of hydrogen-bond donors (Lipinski definition) is 2. The minimum Gasteiger partial charge on any atom is -0.354 e. The van der Waals surface area contributed by atoms with Crippen molar-refractivity contribution in [1.29, 1.82) is 0 Å². The van der Waals surface area contributed by atoms with Gasteiger partial charge < -0.3 is 10.6 Å². The molecule has 1 unspecified atom stereocenters. The van der Waals surface area contributed by atoms with E-state index < -0.39 is 0 Å². The molecule has 0 bridgehead atoms. The third kappa shape index (κ3) is 2.91. The van der Waals surface area contributed by atoms with E-state index in [1.807, 2.05) is 19.2 Å². The molecule has 2 rings (SSSR count). The average Bonchev–Trinajstić information content (AvgIpc) is 2.95. The van der Waals surface area contributed by atoms with Crippen molar-refractivity contribution >= 4 is 21.8 Å². The quantitative estimate of drug-likeness (QED) is 0.900. The Balaban J connectivity index is 2.46. The first kappa shape index (κ1) is 14.7. The van der Waals surface area contributed by atoms with Gasteiger partial charge in [0.05, 0.1) is 5.69 Å². The van der Waals surface area contributed by atoms with Gasteiger partial charge in [-0.2, -0.15) is 5.10 Å². The minimum absolute atomic E-state index is 0.176. The van der Waals surface area contributed by atoms with E-state index in [1.54, 1.807) is 24.0 Å². The number of nitrogens with one attached hydrogen (secondary N) is 2. The minimum atomic E-state index is -0.191. The highest BCUT2D eigenvalue weighted by molar-refractivity contribution is 9.10. The molecule has 1 aromatic carbocycles. The fraction of sp³-hybridized carbons (Fsp3) is 0.286.